The van der Waals surface area contributed by atoms with E-state index in [0.717, 1.165) is 193 Å². The second-order valence-electron chi connectivity index (χ2n) is 44.0. The summed E-state index contributed by atoms with van der Waals surface area (Å²) in [6, 6.07) is 1.43. The molecule has 6 aliphatic rings. The Morgan fingerprint density at radius 2 is 0.395 bits per heavy atom. The summed E-state index contributed by atoms with van der Waals surface area (Å²) in [5.74, 6) is 3.78. The third kappa shape index (κ3) is 26.5. The highest BCUT2D eigenvalue weighted by atomic mass is 16.6. The van der Waals surface area contributed by atoms with Crippen LogP contribution in [-0.4, -0.2) is 206 Å². The number of hydrogen-bond donors (Lipinski definition) is 6. The lowest BCUT2D eigenvalue weighted by atomic mass is 9.79. The summed E-state index contributed by atoms with van der Waals surface area (Å²) in [7, 11) is 0. The third-order valence-electron chi connectivity index (χ3n) is 24.6. The first-order chi connectivity index (χ1) is 52.9. The van der Waals surface area contributed by atoms with Crippen molar-refractivity contribution in [1.82, 2.24) is 76.8 Å². The van der Waals surface area contributed by atoms with Crippen LogP contribution >= 0.6 is 0 Å². The molecule has 0 aliphatic carbocycles. The molecule has 650 valence electrons. The Labute approximate surface area is 693 Å². The second-order valence-corrected chi connectivity index (χ2v) is 44.0. The van der Waals surface area contributed by atoms with Gasteiger partial charge in [0.2, 0.25) is 35.7 Å². The van der Waals surface area contributed by atoms with Crippen molar-refractivity contribution >= 4 is 35.7 Å². The van der Waals surface area contributed by atoms with Crippen LogP contribution in [0.5, 0.6) is 18.0 Å². The molecule has 114 heavy (non-hydrogen) atoms. The zero-order valence-corrected chi connectivity index (χ0v) is 78.1. The molecule has 0 aromatic carbocycles. The SMILES string of the molecule is CCCCN(c1nc(OCC(COc2nc(N(CCCC)C3CC(C)(C)NC(C)(C)C3)nc(N(CCCC)C3CC(C)(C)NC(C)(C)C3)n2)Oc2nc(N(CCCC)C3CC(C)(C)NC(C)(C)C3)nc(N(CCCC)C3CC(C)(C)NC(C)(C)C3)n2)nc(N(CCCC)C2CC(C)(C)NC(C)(C)C2)n1)C1CC(C)(C)NC(C)(C)C1. The molecule has 0 spiro atoms. The van der Waals surface area contributed by atoms with Gasteiger partial charge in [0.15, 0.2) is 6.10 Å². The first-order valence-electron chi connectivity index (χ1n) is 45.4. The third-order valence-corrected chi connectivity index (χ3v) is 24.6. The highest BCUT2D eigenvalue weighted by Crippen LogP contribution is 2.43. The fraction of sp³-hybridized carbons (Fsp3) is 0.900. The van der Waals surface area contributed by atoms with Crippen molar-refractivity contribution in [2.24, 2.45) is 0 Å². The maximum Gasteiger partial charge on any atom is 0.323 e. The molecular formula is C90H167N21O3. The molecule has 9 heterocycles. The molecule has 0 bridgehead atoms. The number of nitrogens with one attached hydrogen (secondary N) is 6. The largest absolute Gasteiger partial charge is 0.459 e. The molecule has 24 heteroatoms. The lowest BCUT2D eigenvalue weighted by Crippen LogP contribution is -2.63. The van der Waals surface area contributed by atoms with E-state index in [1.54, 1.807) is 0 Å². The predicted molar refractivity (Wildman–Crippen MR) is 474 cm³/mol. The first-order valence-corrected chi connectivity index (χ1v) is 45.4. The van der Waals surface area contributed by atoms with Crippen LogP contribution < -0.4 is 75.5 Å². The van der Waals surface area contributed by atoms with Gasteiger partial charge in [0, 0.05) is 142 Å². The van der Waals surface area contributed by atoms with Crippen molar-refractivity contribution < 1.29 is 14.2 Å². The molecule has 0 saturated carbocycles. The van der Waals surface area contributed by atoms with Gasteiger partial charge in [0.05, 0.1) is 0 Å². The van der Waals surface area contributed by atoms with Crippen molar-refractivity contribution in [3.63, 3.8) is 0 Å². The van der Waals surface area contributed by atoms with Crippen LogP contribution in [0.3, 0.4) is 0 Å². The average Bonchev–Trinajstić information content (AvgIpc) is 0.776. The summed E-state index contributed by atoms with van der Waals surface area (Å²) in [5.41, 5.74) is -1.76. The van der Waals surface area contributed by atoms with Crippen molar-refractivity contribution in [3.8, 4) is 18.0 Å². The molecule has 6 aliphatic heterocycles. The molecule has 6 fully saturated rings. The Balaban J connectivity index is 1.28. The predicted octanol–water partition coefficient (Wildman–Crippen LogP) is 16.6. The van der Waals surface area contributed by atoms with Crippen LogP contribution in [-0.2, 0) is 0 Å². The van der Waals surface area contributed by atoms with E-state index in [1.807, 2.05) is 0 Å². The van der Waals surface area contributed by atoms with E-state index >= 15 is 0 Å². The summed E-state index contributed by atoms with van der Waals surface area (Å²) in [6.07, 6.45) is 22.0. The molecule has 0 atom stereocenters. The summed E-state index contributed by atoms with van der Waals surface area (Å²) >= 11 is 0. The number of ether oxygens (including phenoxy) is 3. The smallest absolute Gasteiger partial charge is 0.323 e. The number of anilines is 6. The molecule has 3 aromatic heterocycles. The van der Waals surface area contributed by atoms with Gasteiger partial charge >= 0.3 is 18.0 Å². The number of piperidine rings is 6. The molecule has 24 nitrogen and oxygen atoms in total. The first kappa shape index (κ1) is 92.9. The molecule has 0 unspecified atom stereocenters. The number of rotatable bonds is 38. The standard InChI is InChI=1S/C90H167N21O3/c1-31-37-43-106(63-49-79(7,8)100-80(9,10)50-63)70-91-71(107(44-38-32-2)64-51-81(11,12)101-82(13,14)52-64)95-76(94-70)112-61-69(114-78-98-74(110(47-41-35-5)67-57-87(23,24)104-88(25,26)58-67)93-75(99-78)111(48-42-36-6)68-59-89(27,28)105-90(29,30)60-68)62-113-77-96-72(108(45-39-33-3)65-53-83(15,16)102-84(17,18)54-65)92-73(97-77)109(46-40-34-4)66-55-85(19,20)103-86(21,22)56-66/h63-69,100-105H,31-62H2,1-30H3. The highest BCUT2D eigenvalue weighted by Gasteiger charge is 2.49. The van der Waals surface area contributed by atoms with E-state index < -0.39 is 6.10 Å². The van der Waals surface area contributed by atoms with E-state index in [0.29, 0.717) is 35.7 Å². The number of unbranched alkanes of at least 4 members (excludes halogenated alkanes) is 6. The zero-order valence-electron chi connectivity index (χ0n) is 78.1. The lowest BCUT2D eigenvalue weighted by molar-refractivity contribution is 0.0662. The molecule has 3 aromatic rings. The maximum absolute atomic E-state index is 7.67. The van der Waals surface area contributed by atoms with Crippen LogP contribution in [0.4, 0.5) is 35.7 Å². The van der Waals surface area contributed by atoms with Gasteiger partial charge in [-0.1, -0.05) is 80.1 Å². The summed E-state index contributed by atoms with van der Waals surface area (Å²) in [4.78, 5) is 65.6. The monoisotopic (exact) mass is 1590 g/mol. The van der Waals surface area contributed by atoms with Gasteiger partial charge in [-0.05, 0) is 282 Å². The average molecular weight is 1590 g/mol. The van der Waals surface area contributed by atoms with Gasteiger partial charge in [-0.25, -0.2) is 0 Å². The van der Waals surface area contributed by atoms with Gasteiger partial charge < -0.3 is 75.5 Å². The highest BCUT2D eigenvalue weighted by molar-refractivity contribution is 5.47. The minimum absolute atomic E-state index is 0.0506. The van der Waals surface area contributed by atoms with Crippen molar-refractivity contribution in [2.45, 2.75) is 471 Å². The Morgan fingerprint density at radius 3 is 0.544 bits per heavy atom. The van der Waals surface area contributed by atoms with Crippen molar-refractivity contribution in [2.75, 3.05) is 81.9 Å². The van der Waals surface area contributed by atoms with Gasteiger partial charge in [0.1, 0.15) is 13.2 Å². The van der Waals surface area contributed by atoms with Crippen LogP contribution in [0.2, 0.25) is 0 Å². The normalized spacial score (nSPS) is 23.1. The zero-order chi connectivity index (χ0) is 84.1. The fourth-order valence-electron chi connectivity index (χ4n) is 22.1. The summed E-state index contributed by atoms with van der Waals surface area (Å²) in [6.45, 7) is 74.4. The quantitative estimate of drug-likeness (QED) is 0.0313. The second kappa shape index (κ2) is 36.9. The van der Waals surface area contributed by atoms with Crippen LogP contribution in [0, 0.1) is 0 Å². The van der Waals surface area contributed by atoms with E-state index in [4.69, 9.17) is 59.1 Å². The van der Waals surface area contributed by atoms with E-state index in [2.05, 4.69) is 269 Å². The molecule has 0 radical (unpaired) electrons. The fourth-order valence-corrected chi connectivity index (χ4v) is 22.1. The minimum atomic E-state index is -0.893. The topological polar surface area (TPSA) is 235 Å². The van der Waals surface area contributed by atoms with Crippen LogP contribution in [0.25, 0.3) is 0 Å². The number of aromatic nitrogens is 9. The van der Waals surface area contributed by atoms with E-state index in [9.17, 15) is 0 Å². The Hall–Kier alpha value is -5.01. The molecule has 9 rings (SSSR count). The Bertz CT molecular complexity index is 3080. The maximum atomic E-state index is 7.67. The van der Waals surface area contributed by atoms with Gasteiger partial charge in [-0.3, -0.25) is 0 Å². The summed E-state index contributed by atoms with van der Waals surface area (Å²) < 4.78 is 22.5. The van der Waals surface area contributed by atoms with Gasteiger partial charge in [0.25, 0.3) is 0 Å². The van der Waals surface area contributed by atoms with Crippen molar-refractivity contribution in [3.05, 3.63) is 0 Å². The molecular weight excluding hydrogens is 1420 g/mol. The molecule has 6 N–H and O–H groups in total. The summed E-state index contributed by atoms with van der Waals surface area (Å²) in [5, 5.41) is 24.0. The lowest BCUT2D eigenvalue weighted by Gasteiger charge is -2.50. The molecule has 6 saturated heterocycles. The van der Waals surface area contributed by atoms with Crippen molar-refractivity contribution in [1.29, 1.82) is 0 Å². The van der Waals surface area contributed by atoms with E-state index in [-0.39, 0.29) is 134 Å². The minimum Gasteiger partial charge on any atom is -0.459 e. The van der Waals surface area contributed by atoms with Gasteiger partial charge in [-0.15, -0.1) is 0 Å². The number of nitrogens with zero attached hydrogens (tertiary/aromatic N) is 15. The Morgan fingerprint density at radius 1 is 0.246 bits per heavy atom. The van der Waals surface area contributed by atoms with E-state index in [1.165, 1.54) is 0 Å². The Kier molecular flexibility index (Phi) is 30.1. The van der Waals surface area contributed by atoms with Gasteiger partial charge in [-0.2, -0.15) is 44.9 Å². The number of hydrogen-bond acceptors (Lipinski definition) is 24. The van der Waals surface area contributed by atoms with Crippen LogP contribution in [0.15, 0.2) is 0 Å². The van der Waals surface area contributed by atoms with Crippen LogP contribution in [0.1, 0.15) is 362 Å². The molecule has 0 amide bonds.